The molecule has 1 aromatic heterocycles. The molecule has 0 saturated heterocycles. The zero-order valence-electron chi connectivity index (χ0n) is 10.4. The highest BCUT2D eigenvalue weighted by molar-refractivity contribution is 6.05. The van der Waals surface area contributed by atoms with E-state index < -0.39 is 11.7 Å². The number of nitrogens with one attached hydrogen (secondary N) is 1. The van der Waals surface area contributed by atoms with E-state index in [2.05, 4.69) is 10.5 Å². The van der Waals surface area contributed by atoms with Crippen molar-refractivity contribution in [3.05, 3.63) is 46.6 Å². The van der Waals surface area contributed by atoms with Crippen molar-refractivity contribution in [3.8, 4) is 0 Å². The summed E-state index contributed by atoms with van der Waals surface area (Å²) in [6.45, 7) is 5.08. The highest BCUT2D eigenvalue weighted by Crippen LogP contribution is 2.18. The van der Waals surface area contributed by atoms with E-state index >= 15 is 0 Å². The Balaban J connectivity index is 2.27. The number of amides is 1. The summed E-state index contributed by atoms with van der Waals surface area (Å²) in [4.78, 5) is 12.0. The van der Waals surface area contributed by atoms with Crippen LogP contribution in [0.1, 0.15) is 27.4 Å². The van der Waals surface area contributed by atoms with Crippen LogP contribution in [0, 0.1) is 26.6 Å². The number of benzene rings is 1. The summed E-state index contributed by atoms with van der Waals surface area (Å²) in [5, 5.41) is 6.19. The molecule has 4 nitrogen and oxygen atoms in total. The molecule has 0 aliphatic heterocycles. The summed E-state index contributed by atoms with van der Waals surface area (Å²) >= 11 is 0. The number of aryl methyl sites for hydroxylation is 3. The smallest absolute Gasteiger partial charge is 0.261 e. The lowest BCUT2D eigenvalue weighted by Crippen LogP contribution is -2.14. The number of halogens is 1. The fourth-order valence-electron chi connectivity index (χ4n) is 1.71. The van der Waals surface area contributed by atoms with E-state index in [-0.39, 0.29) is 5.69 Å². The van der Waals surface area contributed by atoms with Gasteiger partial charge in [-0.05, 0) is 38.5 Å². The average Bonchev–Trinajstić information content (AvgIpc) is 2.62. The molecule has 0 fully saturated rings. The van der Waals surface area contributed by atoms with Gasteiger partial charge in [0, 0.05) is 0 Å². The lowest BCUT2D eigenvalue weighted by molar-refractivity contribution is 0.102. The Hall–Kier alpha value is -2.17. The van der Waals surface area contributed by atoms with Crippen molar-refractivity contribution < 1.29 is 13.7 Å². The van der Waals surface area contributed by atoms with Crippen LogP contribution in [0.5, 0.6) is 0 Å². The van der Waals surface area contributed by atoms with Crippen LogP contribution in [0.2, 0.25) is 0 Å². The molecule has 0 saturated carbocycles. The van der Waals surface area contributed by atoms with Crippen molar-refractivity contribution in [2.75, 3.05) is 5.32 Å². The van der Waals surface area contributed by atoms with Crippen LogP contribution in [0.15, 0.2) is 22.7 Å². The number of anilines is 1. The van der Waals surface area contributed by atoms with E-state index in [0.29, 0.717) is 17.0 Å². The maximum Gasteiger partial charge on any atom is 0.261 e. The predicted octanol–water partition coefficient (Wildman–Crippen LogP) is 2.99. The van der Waals surface area contributed by atoms with Gasteiger partial charge in [0.25, 0.3) is 5.91 Å². The van der Waals surface area contributed by atoms with Gasteiger partial charge in [-0.2, -0.15) is 0 Å². The van der Waals surface area contributed by atoms with Gasteiger partial charge in [-0.3, -0.25) is 4.79 Å². The fourth-order valence-corrected chi connectivity index (χ4v) is 1.71. The maximum atomic E-state index is 13.6. The zero-order valence-corrected chi connectivity index (χ0v) is 10.4. The normalized spacial score (nSPS) is 10.4. The number of carbonyl (C=O) groups is 1. The molecule has 2 rings (SSSR count). The Kier molecular flexibility index (Phi) is 3.14. The van der Waals surface area contributed by atoms with Gasteiger partial charge in [0.05, 0.1) is 11.4 Å². The van der Waals surface area contributed by atoms with Crippen LogP contribution in [-0.4, -0.2) is 11.1 Å². The van der Waals surface area contributed by atoms with E-state index in [9.17, 15) is 9.18 Å². The Morgan fingerprint density at radius 2 is 2.06 bits per heavy atom. The Bertz CT molecular complexity index is 586. The first-order chi connectivity index (χ1) is 8.49. The Morgan fingerprint density at radius 1 is 1.33 bits per heavy atom. The second-order valence-corrected chi connectivity index (χ2v) is 4.14. The molecular weight excluding hydrogens is 235 g/mol. The van der Waals surface area contributed by atoms with E-state index in [0.717, 1.165) is 5.56 Å². The first-order valence-corrected chi connectivity index (χ1v) is 5.49. The van der Waals surface area contributed by atoms with Crippen molar-refractivity contribution in [3.63, 3.8) is 0 Å². The molecule has 1 heterocycles. The van der Waals surface area contributed by atoms with E-state index in [1.807, 2.05) is 0 Å². The van der Waals surface area contributed by atoms with E-state index in [1.54, 1.807) is 26.8 Å². The standard InChI is InChI=1S/C13H13FN2O2/c1-7-4-5-11(10(14)6-7)15-13(17)12-8(2)16-18-9(12)3/h4-6H,1-3H3,(H,15,17). The lowest BCUT2D eigenvalue weighted by atomic mass is 10.1. The van der Waals surface area contributed by atoms with Crippen molar-refractivity contribution in [1.29, 1.82) is 0 Å². The Labute approximate surface area is 104 Å². The zero-order chi connectivity index (χ0) is 13.3. The van der Waals surface area contributed by atoms with Gasteiger partial charge in [-0.1, -0.05) is 11.2 Å². The monoisotopic (exact) mass is 248 g/mol. The largest absolute Gasteiger partial charge is 0.361 e. The highest BCUT2D eigenvalue weighted by Gasteiger charge is 2.18. The topological polar surface area (TPSA) is 55.1 Å². The molecule has 0 unspecified atom stereocenters. The van der Waals surface area contributed by atoms with Crippen LogP contribution in [0.25, 0.3) is 0 Å². The molecular formula is C13H13FN2O2. The molecule has 0 radical (unpaired) electrons. The van der Waals surface area contributed by atoms with Crippen molar-refractivity contribution in [1.82, 2.24) is 5.16 Å². The van der Waals surface area contributed by atoms with Crippen molar-refractivity contribution in [2.24, 2.45) is 0 Å². The van der Waals surface area contributed by atoms with Crippen molar-refractivity contribution in [2.45, 2.75) is 20.8 Å². The second-order valence-electron chi connectivity index (χ2n) is 4.14. The average molecular weight is 248 g/mol. The fraction of sp³-hybridized carbons (Fsp3) is 0.231. The number of aromatic nitrogens is 1. The van der Waals surface area contributed by atoms with Crippen LogP contribution >= 0.6 is 0 Å². The van der Waals surface area contributed by atoms with Crippen molar-refractivity contribution >= 4 is 11.6 Å². The summed E-state index contributed by atoms with van der Waals surface area (Å²) in [5.41, 5.74) is 1.76. The minimum atomic E-state index is -0.463. The second kappa shape index (κ2) is 4.60. The molecule has 1 amide bonds. The molecule has 18 heavy (non-hydrogen) atoms. The molecule has 0 atom stereocenters. The summed E-state index contributed by atoms with van der Waals surface area (Å²) in [5.74, 6) is -0.471. The van der Waals surface area contributed by atoms with E-state index in [1.165, 1.54) is 12.1 Å². The minimum Gasteiger partial charge on any atom is -0.361 e. The first-order valence-electron chi connectivity index (χ1n) is 5.49. The summed E-state index contributed by atoms with van der Waals surface area (Å²) in [6.07, 6.45) is 0. The van der Waals surface area contributed by atoms with Gasteiger partial charge in [-0.15, -0.1) is 0 Å². The third-order valence-electron chi connectivity index (χ3n) is 2.63. The lowest BCUT2D eigenvalue weighted by Gasteiger charge is -2.06. The number of hydrogen-bond acceptors (Lipinski definition) is 3. The molecule has 94 valence electrons. The molecule has 0 spiro atoms. The highest BCUT2D eigenvalue weighted by atomic mass is 19.1. The van der Waals surface area contributed by atoms with Gasteiger partial charge in [0.15, 0.2) is 0 Å². The molecule has 2 aromatic rings. The summed E-state index contributed by atoms with van der Waals surface area (Å²) in [6, 6.07) is 4.62. The third kappa shape index (κ3) is 2.25. The van der Waals surface area contributed by atoms with Gasteiger partial charge in [0.1, 0.15) is 17.1 Å². The summed E-state index contributed by atoms with van der Waals surface area (Å²) in [7, 11) is 0. The molecule has 5 heteroatoms. The minimum absolute atomic E-state index is 0.144. The van der Waals surface area contributed by atoms with Crippen LogP contribution in [0.4, 0.5) is 10.1 Å². The Morgan fingerprint density at radius 3 is 2.61 bits per heavy atom. The number of hydrogen-bond donors (Lipinski definition) is 1. The molecule has 0 bridgehead atoms. The molecule has 1 N–H and O–H groups in total. The van der Waals surface area contributed by atoms with Crippen LogP contribution in [0.3, 0.4) is 0 Å². The molecule has 0 aliphatic rings. The number of nitrogens with zero attached hydrogens (tertiary/aromatic N) is 1. The van der Waals surface area contributed by atoms with Gasteiger partial charge in [-0.25, -0.2) is 4.39 Å². The quantitative estimate of drug-likeness (QED) is 0.888. The van der Waals surface area contributed by atoms with Crippen LogP contribution in [-0.2, 0) is 0 Å². The van der Waals surface area contributed by atoms with Crippen LogP contribution < -0.4 is 5.32 Å². The first kappa shape index (κ1) is 12.3. The molecule has 0 aliphatic carbocycles. The maximum absolute atomic E-state index is 13.6. The predicted molar refractivity (Wildman–Crippen MR) is 65.1 cm³/mol. The molecule has 1 aromatic carbocycles. The van der Waals surface area contributed by atoms with Gasteiger partial charge in [0.2, 0.25) is 0 Å². The number of rotatable bonds is 2. The van der Waals surface area contributed by atoms with Gasteiger partial charge >= 0.3 is 0 Å². The van der Waals surface area contributed by atoms with Gasteiger partial charge < -0.3 is 9.84 Å². The summed E-state index contributed by atoms with van der Waals surface area (Å²) < 4.78 is 18.5. The third-order valence-corrected chi connectivity index (χ3v) is 2.63. The number of carbonyl (C=O) groups excluding carboxylic acids is 1. The SMILES string of the molecule is Cc1ccc(NC(=O)c2c(C)noc2C)c(F)c1. The van der Waals surface area contributed by atoms with E-state index in [4.69, 9.17) is 4.52 Å².